The van der Waals surface area contributed by atoms with E-state index in [4.69, 9.17) is 5.73 Å². The van der Waals surface area contributed by atoms with Gasteiger partial charge in [0.2, 0.25) is 5.91 Å². The van der Waals surface area contributed by atoms with Crippen LogP contribution in [0.3, 0.4) is 0 Å². The molecule has 17 heavy (non-hydrogen) atoms. The number of likely N-dealkylation sites (tertiary alicyclic amines) is 1. The summed E-state index contributed by atoms with van der Waals surface area (Å²) in [4.78, 5) is 14.2. The summed E-state index contributed by atoms with van der Waals surface area (Å²) >= 11 is 0. The minimum absolute atomic E-state index is 0.280. The maximum atomic E-state index is 12.2. The highest BCUT2D eigenvalue weighted by atomic mass is 16.2. The van der Waals surface area contributed by atoms with Crippen molar-refractivity contribution in [2.75, 3.05) is 6.54 Å². The Morgan fingerprint density at radius 2 is 2.06 bits per heavy atom. The van der Waals surface area contributed by atoms with E-state index in [1.807, 2.05) is 4.90 Å². The molecule has 1 heterocycles. The van der Waals surface area contributed by atoms with Crippen LogP contribution in [0.15, 0.2) is 0 Å². The molecule has 2 N–H and O–H groups in total. The molecule has 0 saturated carbocycles. The SMILES string of the molecule is CC(C)C[C@H](C)CC(=O)N1CC[C@@H](N)C[C@@H]1C. The van der Waals surface area contributed by atoms with Gasteiger partial charge in [-0.15, -0.1) is 0 Å². The molecule has 1 aliphatic rings. The number of hydrogen-bond donors (Lipinski definition) is 1. The van der Waals surface area contributed by atoms with Gasteiger partial charge in [0, 0.05) is 25.0 Å². The summed E-state index contributed by atoms with van der Waals surface area (Å²) < 4.78 is 0. The summed E-state index contributed by atoms with van der Waals surface area (Å²) in [7, 11) is 0. The summed E-state index contributed by atoms with van der Waals surface area (Å²) in [5.74, 6) is 1.48. The molecular weight excluding hydrogens is 212 g/mol. The first-order valence-corrected chi connectivity index (χ1v) is 6.95. The average Bonchev–Trinajstić information content (AvgIpc) is 2.15. The van der Waals surface area contributed by atoms with Crippen LogP contribution in [-0.4, -0.2) is 29.4 Å². The Labute approximate surface area is 106 Å². The lowest BCUT2D eigenvalue weighted by Crippen LogP contribution is -2.48. The van der Waals surface area contributed by atoms with Crippen LogP contribution in [0, 0.1) is 11.8 Å². The summed E-state index contributed by atoms with van der Waals surface area (Å²) in [5, 5.41) is 0. The number of amides is 1. The fourth-order valence-corrected chi connectivity index (χ4v) is 2.88. The maximum absolute atomic E-state index is 12.2. The molecule has 0 spiro atoms. The lowest BCUT2D eigenvalue weighted by molar-refractivity contribution is -0.135. The van der Waals surface area contributed by atoms with Crippen molar-refractivity contribution in [3.05, 3.63) is 0 Å². The van der Waals surface area contributed by atoms with E-state index in [1.165, 1.54) is 0 Å². The Morgan fingerprint density at radius 1 is 1.41 bits per heavy atom. The maximum Gasteiger partial charge on any atom is 0.223 e. The monoisotopic (exact) mass is 240 g/mol. The number of nitrogens with zero attached hydrogens (tertiary/aromatic N) is 1. The molecule has 1 saturated heterocycles. The first-order chi connectivity index (χ1) is 7.90. The van der Waals surface area contributed by atoms with Crippen molar-refractivity contribution >= 4 is 5.91 Å². The van der Waals surface area contributed by atoms with Crippen LogP contribution in [-0.2, 0) is 4.79 Å². The first-order valence-electron chi connectivity index (χ1n) is 6.95. The van der Waals surface area contributed by atoms with Crippen LogP contribution in [0.1, 0.15) is 53.4 Å². The lowest BCUT2D eigenvalue weighted by Gasteiger charge is -2.37. The Bertz CT molecular complexity index is 253. The lowest BCUT2D eigenvalue weighted by atomic mass is 9.93. The number of rotatable bonds is 4. The molecule has 0 aromatic carbocycles. The van der Waals surface area contributed by atoms with Gasteiger partial charge in [0.05, 0.1) is 0 Å². The van der Waals surface area contributed by atoms with E-state index in [-0.39, 0.29) is 6.04 Å². The van der Waals surface area contributed by atoms with E-state index < -0.39 is 0 Å². The van der Waals surface area contributed by atoms with Crippen molar-refractivity contribution in [2.24, 2.45) is 17.6 Å². The highest BCUT2D eigenvalue weighted by molar-refractivity contribution is 5.76. The summed E-state index contributed by atoms with van der Waals surface area (Å²) in [6, 6.07) is 0.597. The molecule has 100 valence electrons. The van der Waals surface area contributed by atoms with Crippen LogP contribution in [0.2, 0.25) is 0 Å². The van der Waals surface area contributed by atoms with E-state index in [2.05, 4.69) is 27.7 Å². The van der Waals surface area contributed by atoms with Crippen LogP contribution < -0.4 is 5.73 Å². The molecule has 1 rings (SSSR count). The molecule has 0 radical (unpaired) electrons. The van der Waals surface area contributed by atoms with Gasteiger partial charge in [-0.1, -0.05) is 20.8 Å². The van der Waals surface area contributed by atoms with Gasteiger partial charge in [0.25, 0.3) is 0 Å². The highest BCUT2D eigenvalue weighted by Crippen LogP contribution is 2.20. The second-order valence-electron chi connectivity index (χ2n) is 6.16. The van der Waals surface area contributed by atoms with E-state index in [9.17, 15) is 4.79 Å². The molecule has 1 amide bonds. The van der Waals surface area contributed by atoms with Gasteiger partial charge < -0.3 is 10.6 Å². The number of hydrogen-bond acceptors (Lipinski definition) is 2. The molecule has 3 heteroatoms. The van der Waals surface area contributed by atoms with E-state index in [0.717, 1.165) is 25.8 Å². The molecule has 1 aliphatic heterocycles. The van der Waals surface area contributed by atoms with Crippen molar-refractivity contribution in [1.82, 2.24) is 4.90 Å². The van der Waals surface area contributed by atoms with Gasteiger partial charge in [0.15, 0.2) is 0 Å². The summed E-state index contributed by atoms with van der Waals surface area (Å²) in [6.07, 6.45) is 3.73. The van der Waals surface area contributed by atoms with Crippen LogP contribution in [0.4, 0.5) is 0 Å². The van der Waals surface area contributed by atoms with Crippen molar-refractivity contribution in [1.29, 1.82) is 0 Å². The summed E-state index contributed by atoms with van der Waals surface area (Å²) in [6.45, 7) is 9.56. The zero-order valence-corrected chi connectivity index (χ0v) is 11.8. The highest BCUT2D eigenvalue weighted by Gasteiger charge is 2.27. The predicted octanol–water partition coefficient (Wildman–Crippen LogP) is 2.40. The number of carbonyl (C=O) groups is 1. The fraction of sp³-hybridized carbons (Fsp3) is 0.929. The largest absolute Gasteiger partial charge is 0.340 e. The molecule has 1 fully saturated rings. The van der Waals surface area contributed by atoms with Crippen LogP contribution in [0.25, 0.3) is 0 Å². The number of piperidine rings is 1. The van der Waals surface area contributed by atoms with Crippen molar-refractivity contribution in [3.63, 3.8) is 0 Å². The molecule has 0 aliphatic carbocycles. The van der Waals surface area contributed by atoms with Gasteiger partial charge in [-0.2, -0.15) is 0 Å². The molecule has 0 aromatic rings. The van der Waals surface area contributed by atoms with Gasteiger partial charge >= 0.3 is 0 Å². The van der Waals surface area contributed by atoms with Gasteiger partial charge in [-0.3, -0.25) is 4.79 Å². The van der Waals surface area contributed by atoms with E-state index in [0.29, 0.717) is 30.2 Å². The third kappa shape index (κ3) is 4.66. The third-order valence-electron chi connectivity index (χ3n) is 3.63. The predicted molar refractivity (Wildman–Crippen MR) is 71.6 cm³/mol. The normalized spacial score (nSPS) is 27.3. The smallest absolute Gasteiger partial charge is 0.223 e. The molecular formula is C14H28N2O. The topological polar surface area (TPSA) is 46.3 Å². The van der Waals surface area contributed by atoms with Crippen molar-refractivity contribution < 1.29 is 4.79 Å². The van der Waals surface area contributed by atoms with E-state index in [1.54, 1.807) is 0 Å². The van der Waals surface area contributed by atoms with Crippen molar-refractivity contribution in [2.45, 2.75) is 65.5 Å². The number of nitrogens with two attached hydrogens (primary N) is 1. The van der Waals surface area contributed by atoms with Crippen LogP contribution >= 0.6 is 0 Å². The molecule has 0 unspecified atom stereocenters. The third-order valence-corrected chi connectivity index (χ3v) is 3.63. The minimum Gasteiger partial charge on any atom is -0.340 e. The molecule has 0 bridgehead atoms. The second kappa shape index (κ2) is 6.39. The molecule has 3 nitrogen and oxygen atoms in total. The van der Waals surface area contributed by atoms with Gasteiger partial charge in [-0.05, 0) is 38.0 Å². The fourth-order valence-electron chi connectivity index (χ4n) is 2.88. The first kappa shape index (κ1) is 14.5. The van der Waals surface area contributed by atoms with Crippen LogP contribution in [0.5, 0.6) is 0 Å². The van der Waals surface area contributed by atoms with Crippen molar-refractivity contribution in [3.8, 4) is 0 Å². The van der Waals surface area contributed by atoms with Gasteiger partial charge in [-0.25, -0.2) is 0 Å². The Hall–Kier alpha value is -0.570. The van der Waals surface area contributed by atoms with Gasteiger partial charge in [0.1, 0.15) is 0 Å². The average molecular weight is 240 g/mol. The molecule has 3 atom stereocenters. The standard InChI is InChI=1S/C14H28N2O/c1-10(2)7-11(3)8-14(17)16-6-5-13(15)9-12(16)4/h10-13H,5-9,15H2,1-4H3/t11-,12-,13+/m0/s1. The summed E-state index contributed by atoms with van der Waals surface area (Å²) in [5.41, 5.74) is 5.92. The zero-order chi connectivity index (χ0) is 13.0. The Balaban J connectivity index is 2.41. The quantitative estimate of drug-likeness (QED) is 0.820. The Kier molecular flexibility index (Phi) is 5.44. The zero-order valence-electron chi connectivity index (χ0n) is 11.8. The van der Waals surface area contributed by atoms with E-state index >= 15 is 0 Å². The second-order valence-corrected chi connectivity index (χ2v) is 6.16. The number of carbonyl (C=O) groups excluding carboxylic acids is 1. The minimum atomic E-state index is 0.280. The Morgan fingerprint density at radius 3 is 2.59 bits per heavy atom. The molecule has 0 aromatic heterocycles.